The first-order chi connectivity index (χ1) is 12.2. The van der Waals surface area contributed by atoms with Crippen molar-refractivity contribution in [3.8, 4) is 0 Å². The highest BCUT2D eigenvalue weighted by molar-refractivity contribution is 5.98. The molecule has 0 saturated heterocycles. The molecule has 0 bridgehead atoms. The number of nitrogens with two attached hydrogens (primary N) is 4. The van der Waals surface area contributed by atoms with Gasteiger partial charge in [-0.2, -0.15) is 0 Å². The average molecular weight is 360 g/mol. The number of hydrogen-bond donors (Lipinski definition) is 4. The molecular weight excluding hydrogens is 336 g/mol. The van der Waals surface area contributed by atoms with Crippen molar-refractivity contribution in [3.63, 3.8) is 0 Å². The van der Waals surface area contributed by atoms with Gasteiger partial charge in [0.25, 0.3) is 0 Å². The zero-order valence-corrected chi connectivity index (χ0v) is 15.0. The summed E-state index contributed by atoms with van der Waals surface area (Å²) in [5.74, 6) is -0.891. The number of anilines is 4. The molecule has 0 radical (unpaired) electrons. The van der Waals surface area contributed by atoms with Crippen LogP contribution in [0.2, 0.25) is 0 Å². The van der Waals surface area contributed by atoms with E-state index in [2.05, 4.69) is 4.74 Å². The monoisotopic (exact) mass is 360 g/mol. The molecule has 8 heteroatoms. The summed E-state index contributed by atoms with van der Waals surface area (Å²) >= 11 is 0. The fraction of sp³-hybridized carbons (Fsp3) is 0.222. The van der Waals surface area contributed by atoms with E-state index in [0.717, 1.165) is 0 Å². The molecule has 0 heterocycles. The van der Waals surface area contributed by atoms with E-state index in [1.54, 1.807) is 38.1 Å². The summed E-state index contributed by atoms with van der Waals surface area (Å²) in [7, 11) is 1.30. The molecule has 26 heavy (non-hydrogen) atoms. The minimum absolute atomic E-state index is 0.164. The predicted octanol–water partition coefficient (Wildman–Crippen LogP) is 2.05. The van der Waals surface area contributed by atoms with Gasteiger partial charge in [-0.1, -0.05) is 6.07 Å². The largest absolute Gasteiger partial charge is 0.465 e. The van der Waals surface area contributed by atoms with Crippen LogP contribution < -0.4 is 22.9 Å². The second-order valence-electron chi connectivity index (χ2n) is 5.60. The molecule has 0 aliphatic carbocycles. The van der Waals surface area contributed by atoms with E-state index in [1.807, 2.05) is 0 Å². The van der Waals surface area contributed by atoms with Gasteiger partial charge in [-0.3, -0.25) is 0 Å². The van der Waals surface area contributed by atoms with Gasteiger partial charge in [0.05, 0.1) is 35.7 Å². The highest BCUT2D eigenvalue weighted by atomic mass is 16.5. The Labute approximate surface area is 152 Å². The lowest BCUT2D eigenvalue weighted by molar-refractivity contribution is 0.0379. The third-order valence-corrected chi connectivity index (χ3v) is 3.18. The standard InChI is InChI=1S/C10H14N2O2.C8H10N2O2/c1-6(2)14-10(13)7-4-3-5-8(11)9(7)12;1-12-8(11)6-3-2-5(9)4-7(6)10/h3-6H,11-12H2,1-2H3;2-4H,9-10H2,1H3. The van der Waals surface area contributed by atoms with Crippen LogP contribution in [0, 0.1) is 0 Å². The van der Waals surface area contributed by atoms with Crippen LogP contribution in [0.4, 0.5) is 22.7 Å². The minimum Gasteiger partial charge on any atom is -0.465 e. The van der Waals surface area contributed by atoms with E-state index < -0.39 is 11.9 Å². The summed E-state index contributed by atoms with van der Waals surface area (Å²) in [5.41, 5.74) is 24.3. The first-order valence-corrected chi connectivity index (χ1v) is 7.75. The van der Waals surface area contributed by atoms with Gasteiger partial charge in [0, 0.05) is 11.4 Å². The first-order valence-electron chi connectivity index (χ1n) is 7.75. The van der Waals surface area contributed by atoms with Crippen LogP contribution in [0.1, 0.15) is 34.6 Å². The van der Waals surface area contributed by atoms with Gasteiger partial charge >= 0.3 is 11.9 Å². The number of nitrogen functional groups attached to an aromatic ring is 4. The Kier molecular flexibility index (Phi) is 7.27. The third kappa shape index (κ3) is 5.59. The van der Waals surface area contributed by atoms with Crippen LogP contribution in [0.15, 0.2) is 36.4 Å². The molecular formula is C18H24N4O4. The van der Waals surface area contributed by atoms with E-state index in [-0.39, 0.29) is 11.8 Å². The van der Waals surface area contributed by atoms with Crippen molar-refractivity contribution in [3.05, 3.63) is 47.5 Å². The highest BCUT2D eigenvalue weighted by Crippen LogP contribution is 2.20. The zero-order chi connectivity index (χ0) is 19.9. The van der Waals surface area contributed by atoms with Crippen molar-refractivity contribution in [2.75, 3.05) is 30.0 Å². The lowest BCUT2D eigenvalue weighted by atomic mass is 10.1. The number of carbonyl (C=O) groups excluding carboxylic acids is 2. The summed E-state index contributed by atoms with van der Waals surface area (Å²) < 4.78 is 9.49. The van der Waals surface area contributed by atoms with Gasteiger partial charge < -0.3 is 32.4 Å². The van der Waals surface area contributed by atoms with Crippen molar-refractivity contribution in [1.29, 1.82) is 0 Å². The second kappa shape index (κ2) is 9.16. The molecule has 0 aliphatic heterocycles. The summed E-state index contributed by atoms with van der Waals surface area (Å²) in [6.45, 7) is 3.56. The molecule has 8 N–H and O–H groups in total. The maximum Gasteiger partial charge on any atom is 0.340 e. The molecule has 2 aromatic carbocycles. The van der Waals surface area contributed by atoms with E-state index in [4.69, 9.17) is 27.7 Å². The van der Waals surface area contributed by atoms with Crippen molar-refractivity contribution in [2.45, 2.75) is 20.0 Å². The first kappa shape index (κ1) is 20.6. The van der Waals surface area contributed by atoms with Gasteiger partial charge in [0.1, 0.15) is 0 Å². The fourth-order valence-electron chi connectivity index (χ4n) is 1.92. The Morgan fingerprint density at radius 3 is 2.08 bits per heavy atom. The smallest absolute Gasteiger partial charge is 0.340 e. The molecule has 0 aromatic heterocycles. The van der Waals surface area contributed by atoms with Crippen molar-refractivity contribution in [1.82, 2.24) is 0 Å². The van der Waals surface area contributed by atoms with Gasteiger partial charge in [0.2, 0.25) is 0 Å². The molecule has 0 unspecified atom stereocenters. The Balaban J connectivity index is 0.000000263. The van der Waals surface area contributed by atoms with Gasteiger partial charge in [-0.05, 0) is 44.2 Å². The molecule has 0 amide bonds. The SMILES string of the molecule is CC(C)OC(=O)c1cccc(N)c1N.COC(=O)c1ccc(N)cc1N. The Morgan fingerprint density at radius 2 is 1.54 bits per heavy atom. The lowest BCUT2D eigenvalue weighted by Gasteiger charge is -2.10. The summed E-state index contributed by atoms with van der Waals surface area (Å²) in [5, 5.41) is 0. The molecule has 0 spiro atoms. The van der Waals surface area contributed by atoms with Gasteiger partial charge in [-0.15, -0.1) is 0 Å². The van der Waals surface area contributed by atoms with E-state index in [1.165, 1.54) is 19.2 Å². The van der Waals surface area contributed by atoms with Crippen LogP contribution in [-0.2, 0) is 9.47 Å². The molecule has 0 atom stereocenters. The molecule has 0 aliphatic rings. The molecule has 2 rings (SSSR count). The number of para-hydroxylation sites is 1. The summed E-state index contributed by atoms with van der Waals surface area (Å²) in [4.78, 5) is 22.5. The number of rotatable bonds is 3. The van der Waals surface area contributed by atoms with Gasteiger partial charge in [0.15, 0.2) is 0 Å². The van der Waals surface area contributed by atoms with Crippen molar-refractivity contribution < 1.29 is 19.1 Å². The van der Waals surface area contributed by atoms with Crippen LogP contribution in [0.5, 0.6) is 0 Å². The third-order valence-electron chi connectivity index (χ3n) is 3.18. The quantitative estimate of drug-likeness (QED) is 0.478. The lowest BCUT2D eigenvalue weighted by Crippen LogP contribution is -2.14. The summed E-state index contributed by atoms with van der Waals surface area (Å²) in [6, 6.07) is 9.56. The van der Waals surface area contributed by atoms with Crippen LogP contribution in [0.25, 0.3) is 0 Å². The van der Waals surface area contributed by atoms with E-state index in [0.29, 0.717) is 28.2 Å². The van der Waals surface area contributed by atoms with E-state index in [9.17, 15) is 9.59 Å². The number of esters is 2. The topological polar surface area (TPSA) is 157 Å². The van der Waals surface area contributed by atoms with Gasteiger partial charge in [-0.25, -0.2) is 9.59 Å². The Morgan fingerprint density at radius 1 is 0.885 bits per heavy atom. The van der Waals surface area contributed by atoms with Crippen LogP contribution in [0.3, 0.4) is 0 Å². The molecule has 8 nitrogen and oxygen atoms in total. The normalized spacial score (nSPS) is 9.85. The number of methoxy groups -OCH3 is 1. The van der Waals surface area contributed by atoms with Crippen LogP contribution in [-0.4, -0.2) is 25.2 Å². The number of hydrogen-bond acceptors (Lipinski definition) is 8. The van der Waals surface area contributed by atoms with E-state index >= 15 is 0 Å². The minimum atomic E-state index is -0.451. The summed E-state index contributed by atoms with van der Waals surface area (Å²) in [6.07, 6.45) is -0.164. The highest BCUT2D eigenvalue weighted by Gasteiger charge is 2.13. The number of carbonyl (C=O) groups is 2. The predicted molar refractivity (Wildman–Crippen MR) is 102 cm³/mol. The molecule has 2 aromatic rings. The average Bonchev–Trinajstić information content (AvgIpc) is 2.56. The number of benzene rings is 2. The molecule has 140 valence electrons. The molecule has 0 fully saturated rings. The Hall–Kier alpha value is -3.42. The Bertz CT molecular complexity index is 791. The van der Waals surface area contributed by atoms with Crippen molar-refractivity contribution >= 4 is 34.7 Å². The van der Waals surface area contributed by atoms with Crippen molar-refractivity contribution in [2.24, 2.45) is 0 Å². The molecule has 0 saturated carbocycles. The maximum absolute atomic E-state index is 11.5. The second-order valence-corrected chi connectivity index (χ2v) is 5.60. The fourth-order valence-corrected chi connectivity index (χ4v) is 1.92. The number of ether oxygens (including phenoxy) is 2. The van der Waals surface area contributed by atoms with Crippen LogP contribution >= 0.6 is 0 Å². The maximum atomic E-state index is 11.5. The zero-order valence-electron chi connectivity index (χ0n) is 15.0.